The molecule has 0 unspecified atom stereocenters. The molecule has 0 saturated carbocycles. The van der Waals surface area contributed by atoms with Gasteiger partial charge in [-0.05, 0) is 18.9 Å². The molecule has 1 aliphatic rings. The summed E-state index contributed by atoms with van der Waals surface area (Å²) >= 11 is 0. The second kappa shape index (κ2) is 7.12. The third-order valence-corrected chi connectivity index (χ3v) is 5.72. The van der Waals surface area contributed by atoms with Crippen molar-refractivity contribution in [3.63, 3.8) is 0 Å². The molecule has 1 aliphatic heterocycles. The first-order chi connectivity index (χ1) is 10.8. The number of esters is 1. The molecule has 1 heterocycles. The fraction of sp³-hybridized carbons (Fsp3) is 0.500. The Balaban J connectivity index is 2.13. The van der Waals surface area contributed by atoms with E-state index >= 15 is 0 Å². The maximum Gasteiger partial charge on any atom is 0.325 e. The molecule has 1 atom stereocenters. The van der Waals surface area contributed by atoms with Gasteiger partial charge in [0.25, 0.3) is 0 Å². The smallest absolute Gasteiger partial charge is 0.325 e. The lowest BCUT2D eigenvalue weighted by Crippen LogP contribution is -2.45. The Morgan fingerprint density at radius 3 is 2.43 bits per heavy atom. The van der Waals surface area contributed by atoms with Gasteiger partial charge in [0.2, 0.25) is 5.91 Å². The van der Waals surface area contributed by atoms with Crippen molar-refractivity contribution in [3.05, 3.63) is 35.4 Å². The average Bonchev–Trinajstić information content (AvgIpc) is 2.86. The maximum absolute atomic E-state index is 12.6. The van der Waals surface area contributed by atoms with Crippen LogP contribution in [0.5, 0.6) is 0 Å². The van der Waals surface area contributed by atoms with Crippen molar-refractivity contribution in [1.82, 2.24) is 4.90 Å². The fourth-order valence-corrected chi connectivity index (χ4v) is 4.36. The highest BCUT2D eigenvalue weighted by Crippen LogP contribution is 2.19. The number of benzene rings is 1. The van der Waals surface area contributed by atoms with Crippen LogP contribution >= 0.6 is 0 Å². The third-order valence-electron chi connectivity index (χ3n) is 3.97. The monoisotopic (exact) mass is 339 g/mol. The van der Waals surface area contributed by atoms with Gasteiger partial charge in [0.1, 0.15) is 6.54 Å². The van der Waals surface area contributed by atoms with E-state index in [0.29, 0.717) is 6.42 Å². The molecule has 1 aromatic carbocycles. The van der Waals surface area contributed by atoms with Crippen molar-refractivity contribution < 1.29 is 22.7 Å². The number of sulfone groups is 1. The number of hydrogen-bond acceptors (Lipinski definition) is 5. The SMILES string of the molecule is COC(=O)CN(C(=O)Cc1ccc(C)cc1)[C@@H]1CCS(=O)(=O)C1. The second-order valence-corrected chi connectivity index (χ2v) is 8.05. The molecule has 0 aromatic heterocycles. The topological polar surface area (TPSA) is 80.8 Å². The molecular formula is C16H21NO5S. The van der Waals surface area contributed by atoms with Crippen LogP contribution in [0.1, 0.15) is 17.5 Å². The van der Waals surface area contributed by atoms with E-state index in [0.717, 1.165) is 11.1 Å². The van der Waals surface area contributed by atoms with Gasteiger partial charge >= 0.3 is 5.97 Å². The van der Waals surface area contributed by atoms with Crippen LogP contribution in [0.2, 0.25) is 0 Å². The predicted octanol–water partition coefficient (Wildman–Crippen LogP) is 0.726. The predicted molar refractivity (Wildman–Crippen MR) is 85.7 cm³/mol. The molecule has 1 amide bonds. The lowest BCUT2D eigenvalue weighted by atomic mass is 10.1. The summed E-state index contributed by atoms with van der Waals surface area (Å²) in [4.78, 5) is 25.5. The van der Waals surface area contributed by atoms with Gasteiger partial charge in [0.15, 0.2) is 9.84 Å². The first kappa shape index (κ1) is 17.5. The molecule has 0 radical (unpaired) electrons. The summed E-state index contributed by atoms with van der Waals surface area (Å²) in [6.45, 7) is 1.74. The first-order valence-corrected chi connectivity index (χ1v) is 9.25. The van der Waals surface area contributed by atoms with E-state index in [-0.39, 0.29) is 30.4 Å². The van der Waals surface area contributed by atoms with Crippen molar-refractivity contribution in [2.24, 2.45) is 0 Å². The molecule has 0 bridgehead atoms. The van der Waals surface area contributed by atoms with Crippen LogP contribution in [0.15, 0.2) is 24.3 Å². The summed E-state index contributed by atoms with van der Waals surface area (Å²) < 4.78 is 28.0. The van der Waals surface area contributed by atoms with Crippen molar-refractivity contribution in [2.75, 3.05) is 25.2 Å². The van der Waals surface area contributed by atoms with Gasteiger partial charge in [-0.1, -0.05) is 29.8 Å². The van der Waals surface area contributed by atoms with Gasteiger partial charge in [-0.3, -0.25) is 9.59 Å². The van der Waals surface area contributed by atoms with E-state index < -0.39 is 21.8 Å². The van der Waals surface area contributed by atoms with Gasteiger partial charge in [-0.15, -0.1) is 0 Å². The van der Waals surface area contributed by atoms with Crippen molar-refractivity contribution in [3.8, 4) is 0 Å². The zero-order valence-electron chi connectivity index (χ0n) is 13.3. The Morgan fingerprint density at radius 2 is 1.91 bits per heavy atom. The summed E-state index contributed by atoms with van der Waals surface area (Å²) in [5, 5.41) is 0. The van der Waals surface area contributed by atoms with Crippen molar-refractivity contribution in [1.29, 1.82) is 0 Å². The largest absolute Gasteiger partial charge is 0.468 e. The average molecular weight is 339 g/mol. The van der Waals surface area contributed by atoms with E-state index in [9.17, 15) is 18.0 Å². The molecule has 6 nitrogen and oxygen atoms in total. The number of hydrogen-bond donors (Lipinski definition) is 0. The Labute approximate surface area is 136 Å². The van der Waals surface area contributed by atoms with Gasteiger partial charge in [-0.2, -0.15) is 0 Å². The van der Waals surface area contributed by atoms with E-state index in [1.54, 1.807) is 0 Å². The molecule has 1 aromatic rings. The van der Waals surface area contributed by atoms with Gasteiger partial charge in [0, 0.05) is 6.04 Å². The van der Waals surface area contributed by atoms with Gasteiger partial charge in [0.05, 0.1) is 25.0 Å². The van der Waals surface area contributed by atoms with Crippen LogP contribution in [0.25, 0.3) is 0 Å². The highest BCUT2D eigenvalue weighted by Gasteiger charge is 2.35. The van der Waals surface area contributed by atoms with Crippen LogP contribution in [-0.2, 0) is 30.6 Å². The van der Waals surface area contributed by atoms with Crippen molar-refractivity contribution in [2.45, 2.75) is 25.8 Å². The summed E-state index contributed by atoms with van der Waals surface area (Å²) in [6.07, 6.45) is 0.493. The summed E-state index contributed by atoms with van der Waals surface area (Å²) in [6, 6.07) is 7.07. The van der Waals surface area contributed by atoms with Crippen LogP contribution in [0, 0.1) is 6.92 Å². The van der Waals surface area contributed by atoms with E-state index in [2.05, 4.69) is 4.74 Å². The number of carbonyl (C=O) groups is 2. The highest BCUT2D eigenvalue weighted by molar-refractivity contribution is 7.91. The second-order valence-electron chi connectivity index (χ2n) is 5.82. The molecule has 1 saturated heterocycles. The molecule has 2 rings (SSSR count). The third kappa shape index (κ3) is 4.79. The zero-order chi connectivity index (χ0) is 17.0. The fourth-order valence-electron chi connectivity index (χ4n) is 2.63. The molecule has 126 valence electrons. The Hall–Kier alpha value is -1.89. The minimum Gasteiger partial charge on any atom is -0.468 e. The number of methoxy groups -OCH3 is 1. The first-order valence-electron chi connectivity index (χ1n) is 7.43. The number of amides is 1. The number of ether oxygens (including phenoxy) is 1. The molecule has 7 heteroatoms. The number of carbonyl (C=O) groups excluding carboxylic acids is 2. The Morgan fingerprint density at radius 1 is 1.26 bits per heavy atom. The molecular weight excluding hydrogens is 318 g/mol. The van der Waals surface area contributed by atoms with E-state index in [1.165, 1.54) is 12.0 Å². The standard InChI is InChI=1S/C16H21NO5S/c1-12-3-5-13(6-4-12)9-15(18)17(10-16(19)22-2)14-7-8-23(20,21)11-14/h3-6,14H,7-11H2,1-2H3/t14-/m1/s1. The minimum absolute atomic E-state index is 0.0488. The van der Waals surface area contributed by atoms with Crippen molar-refractivity contribution >= 4 is 21.7 Å². The number of nitrogens with zero attached hydrogens (tertiary/aromatic N) is 1. The number of rotatable bonds is 5. The Kier molecular flexibility index (Phi) is 5.41. The van der Waals surface area contributed by atoms with Crippen LogP contribution < -0.4 is 0 Å². The zero-order valence-corrected chi connectivity index (χ0v) is 14.1. The van der Waals surface area contributed by atoms with Crippen LogP contribution in [0.3, 0.4) is 0 Å². The lowest BCUT2D eigenvalue weighted by Gasteiger charge is -2.27. The van der Waals surface area contributed by atoms with Crippen LogP contribution in [0.4, 0.5) is 0 Å². The van der Waals surface area contributed by atoms with Crippen LogP contribution in [-0.4, -0.2) is 56.4 Å². The van der Waals surface area contributed by atoms with Gasteiger partial charge < -0.3 is 9.64 Å². The molecule has 0 N–H and O–H groups in total. The molecule has 23 heavy (non-hydrogen) atoms. The van der Waals surface area contributed by atoms with Gasteiger partial charge in [-0.25, -0.2) is 8.42 Å². The summed E-state index contributed by atoms with van der Waals surface area (Å²) in [5.74, 6) is -0.857. The quantitative estimate of drug-likeness (QED) is 0.739. The lowest BCUT2D eigenvalue weighted by molar-refractivity contribution is -0.148. The highest BCUT2D eigenvalue weighted by atomic mass is 32.2. The minimum atomic E-state index is -3.14. The van der Waals surface area contributed by atoms with E-state index in [4.69, 9.17) is 0 Å². The Bertz CT molecular complexity index is 681. The summed E-state index contributed by atoms with van der Waals surface area (Å²) in [7, 11) is -1.89. The molecule has 0 aliphatic carbocycles. The molecule has 1 fully saturated rings. The summed E-state index contributed by atoms with van der Waals surface area (Å²) in [5.41, 5.74) is 1.92. The maximum atomic E-state index is 12.6. The van der Waals surface area contributed by atoms with E-state index in [1.807, 2.05) is 31.2 Å². The number of aryl methyl sites for hydroxylation is 1. The molecule has 0 spiro atoms. The normalized spacial score (nSPS) is 19.3.